The summed E-state index contributed by atoms with van der Waals surface area (Å²) in [5.74, 6) is -0.409. The molecule has 0 aliphatic carbocycles. The minimum atomic E-state index is -3.87. The van der Waals surface area contributed by atoms with Crippen molar-refractivity contribution in [3.63, 3.8) is 0 Å². The summed E-state index contributed by atoms with van der Waals surface area (Å²) in [6.45, 7) is 4.08. The first kappa shape index (κ1) is 23.0. The van der Waals surface area contributed by atoms with Crippen molar-refractivity contribution in [2.45, 2.75) is 44.0 Å². The molecule has 0 unspecified atom stereocenters. The van der Waals surface area contributed by atoms with Gasteiger partial charge in [0.05, 0.1) is 12.7 Å². The van der Waals surface area contributed by atoms with Crippen molar-refractivity contribution in [2.75, 3.05) is 13.7 Å². The molecule has 1 aliphatic heterocycles. The Hall–Kier alpha value is -3.17. The Morgan fingerprint density at radius 1 is 1.12 bits per heavy atom. The molecule has 0 radical (unpaired) electrons. The highest BCUT2D eigenvalue weighted by atomic mass is 32.2. The molecule has 1 saturated heterocycles. The summed E-state index contributed by atoms with van der Waals surface area (Å²) in [4.78, 5) is 24.4. The van der Waals surface area contributed by atoms with Crippen molar-refractivity contribution >= 4 is 27.0 Å². The van der Waals surface area contributed by atoms with Gasteiger partial charge >= 0.3 is 11.6 Å². The van der Waals surface area contributed by atoms with Crippen LogP contribution in [0.1, 0.15) is 42.1 Å². The number of hydrogen-bond acceptors (Lipinski definition) is 7. The van der Waals surface area contributed by atoms with Crippen LogP contribution in [-0.2, 0) is 10.0 Å². The van der Waals surface area contributed by atoms with Crippen LogP contribution in [0.2, 0.25) is 0 Å². The molecular formula is C24H25NO7S. The maximum absolute atomic E-state index is 13.4. The molecule has 4 rings (SSSR count). The molecule has 1 atom stereocenters. The minimum absolute atomic E-state index is 0.0600. The number of benzene rings is 2. The van der Waals surface area contributed by atoms with Crippen molar-refractivity contribution < 1.29 is 27.1 Å². The van der Waals surface area contributed by atoms with Gasteiger partial charge in [-0.05, 0) is 62.6 Å². The molecule has 33 heavy (non-hydrogen) atoms. The van der Waals surface area contributed by atoms with E-state index in [-0.39, 0.29) is 28.0 Å². The fourth-order valence-electron chi connectivity index (χ4n) is 4.10. The van der Waals surface area contributed by atoms with Gasteiger partial charge in [-0.15, -0.1) is 0 Å². The van der Waals surface area contributed by atoms with E-state index >= 15 is 0 Å². The lowest BCUT2D eigenvalue weighted by Gasteiger charge is -2.32. The summed E-state index contributed by atoms with van der Waals surface area (Å²) in [6.07, 6.45) is 2.54. The van der Waals surface area contributed by atoms with E-state index < -0.39 is 21.6 Å². The van der Waals surface area contributed by atoms with E-state index in [1.165, 1.54) is 41.7 Å². The van der Waals surface area contributed by atoms with Crippen molar-refractivity contribution in [2.24, 2.45) is 0 Å². The number of methoxy groups -OCH3 is 1. The summed E-state index contributed by atoms with van der Waals surface area (Å²) in [5, 5.41) is 0.725. The zero-order valence-electron chi connectivity index (χ0n) is 18.7. The predicted octanol–water partition coefficient (Wildman–Crippen LogP) is 3.89. The van der Waals surface area contributed by atoms with Crippen molar-refractivity contribution in [3.8, 4) is 11.5 Å². The third-order valence-corrected chi connectivity index (χ3v) is 7.90. The normalized spacial score (nSPS) is 17.1. The van der Waals surface area contributed by atoms with Crippen molar-refractivity contribution in [1.82, 2.24) is 4.31 Å². The Balaban J connectivity index is 1.66. The van der Waals surface area contributed by atoms with Gasteiger partial charge in [0.15, 0.2) is 0 Å². The van der Waals surface area contributed by atoms with Crippen LogP contribution >= 0.6 is 0 Å². The van der Waals surface area contributed by atoms with Crippen LogP contribution in [0.15, 0.2) is 56.6 Å². The zero-order chi connectivity index (χ0) is 23.8. The van der Waals surface area contributed by atoms with Gasteiger partial charge in [-0.1, -0.05) is 6.42 Å². The van der Waals surface area contributed by atoms with Gasteiger partial charge in [-0.3, -0.25) is 0 Å². The lowest BCUT2D eigenvalue weighted by atomic mass is 10.1. The van der Waals surface area contributed by atoms with Crippen LogP contribution in [0.25, 0.3) is 11.0 Å². The average Bonchev–Trinajstić information content (AvgIpc) is 2.78. The van der Waals surface area contributed by atoms with Gasteiger partial charge < -0.3 is 13.9 Å². The Morgan fingerprint density at radius 2 is 1.91 bits per heavy atom. The molecule has 0 bridgehead atoms. The number of aryl methyl sites for hydroxylation is 1. The number of piperidine rings is 1. The number of esters is 1. The number of hydrogen-bond donors (Lipinski definition) is 0. The standard InChI is InChI=1S/C24H25NO7S/c1-15-12-23(26)32-21-14-18(8-9-19(15)21)31-24(27)17-7-10-20(30-3)22(13-17)33(28,29)25-11-5-4-6-16(25)2/h7-10,12-14,16H,4-6,11H2,1-3H3/t16-/m0/s1. The van der Waals surface area contributed by atoms with E-state index in [1.54, 1.807) is 19.1 Å². The molecule has 0 N–H and O–H groups in total. The molecule has 2 aromatic carbocycles. The number of nitrogens with zero attached hydrogens (tertiary/aromatic N) is 1. The second-order valence-corrected chi connectivity index (χ2v) is 9.98. The molecule has 3 aromatic rings. The van der Waals surface area contributed by atoms with Gasteiger partial charge in [-0.2, -0.15) is 4.31 Å². The van der Waals surface area contributed by atoms with Gasteiger partial charge in [0, 0.05) is 30.1 Å². The third-order valence-electron chi connectivity index (χ3n) is 5.86. The second kappa shape index (κ2) is 8.99. The van der Waals surface area contributed by atoms with Crippen LogP contribution in [0.3, 0.4) is 0 Å². The predicted molar refractivity (Wildman–Crippen MR) is 122 cm³/mol. The quantitative estimate of drug-likeness (QED) is 0.316. The molecule has 9 heteroatoms. The lowest BCUT2D eigenvalue weighted by Crippen LogP contribution is -2.42. The van der Waals surface area contributed by atoms with E-state index in [2.05, 4.69) is 0 Å². The summed E-state index contributed by atoms with van der Waals surface area (Å²) in [6, 6.07) is 10.2. The van der Waals surface area contributed by atoms with Crippen molar-refractivity contribution in [3.05, 3.63) is 64.0 Å². The molecule has 8 nitrogen and oxygen atoms in total. The Bertz CT molecular complexity index is 1380. The van der Waals surface area contributed by atoms with Gasteiger partial charge in [0.25, 0.3) is 0 Å². The maximum Gasteiger partial charge on any atom is 0.343 e. The highest BCUT2D eigenvalue weighted by molar-refractivity contribution is 7.89. The smallest absolute Gasteiger partial charge is 0.343 e. The highest BCUT2D eigenvalue weighted by Gasteiger charge is 2.33. The summed E-state index contributed by atoms with van der Waals surface area (Å²) < 4.78 is 44.1. The molecule has 1 fully saturated rings. The molecule has 1 aromatic heterocycles. The molecule has 0 saturated carbocycles. The monoisotopic (exact) mass is 471 g/mol. The fourth-order valence-corrected chi connectivity index (χ4v) is 5.98. The number of rotatable bonds is 5. The number of ether oxygens (including phenoxy) is 2. The average molecular weight is 472 g/mol. The topological polar surface area (TPSA) is 103 Å². The summed E-state index contributed by atoms with van der Waals surface area (Å²) in [5.41, 5.74) is 0.601. The van der Waals surface area contributed by atoms with Crippen LogP contribution < -0.4 is 15.1 Å². The van der Waals surface area contributed by atoms with E-state index in [9.17, 15) is 18.0 Å². The molecular weight excluding hydrogens is 446 g/mol. The first-order chi connectivity index (χ1) is 15.7. The first-order valence-electron chi connectivity index (χ1n) is 10.7. The van der Waals surface area contributed by atoms with Gasteiger partial charge in [0.2, 0.25) is 10.0 Å². The van der Waals surface area contributed by atoms with Crippen LogP contribution in [-0.4, -0.2) is 38.4 Å². The molecule has 2 heterocycles. The molecule has 0 spiro atoms. The number of sulfonamides is 1. The van der Waals surface area contributed by atoms with Crippen molar-refractivity contribution in [1.29, 1.82) is 0 Å². The minimum Gasteiger partial charge on any atom is -0.495 e. The fraction of sp³-hybridized carbons (Fsp3) is 0.333. The summed E-state index contributed by atoms with van der Waals surface area (Å²) >= 11 is 0. The summed E-state index contributed by atoms with van der Waals surface area (Å²) in [7, 11) is -2.48. The van der Waals surface area contributed by atoms with Crippen LogP contribution in [0.4, 0.5) is 0 Å². The Labute approximate surface area is 191 Å². The Kier molecular flexibility index (Phi) is 6.27. The van der Waals surface area contributed by atoms with E-state index in [0.29, 0.717) is 12.1 Å². The zero-order valence-corrected chi connectivity index (χ0v) is 19.5. The Morgan fingerprint density at radius 3 is 2.64 bits per heavy atom. The lowest BCUT2D eigenvalue weighted by molar-refractivity contribution is 0.0734. The second-order valence-electron chi connectivity index (χ2n) is 8.12. The van der Waals surface area contributed by atoms with Crippen LogP contribution in [0, 0.1) is 6.92 Å². The van der Waals surface area contributed by atoms with E-state index in [4.69, 9.17) is 13.9 Å². The first-order valence-corrected chi connectivity index (χ1v) is 12.1. The van der Waals surface area contributed by atoms with E-state index in [0.717, 1.165) is 30.2 Å². The number of fused-ring (bicyclic) bond motifs is 1. The maximum atomic E-state index is 13.4. The molecule has 1 aliphatic rings. The SMILES string of the molecule is COc1ccc(C(=O)Oc2ccc3c(C)cc(=O)oc3c2)cc1S(=O)(=O)N1CCCC[C@@H]1C. The highest BCUT2D eigenvalue weighted by Crippen LogP contribution is 2.32. The van der Waals surface area contributed by atoms with Crippen LogP contribution in [0.5, 0.6) is 11.5 Å². The third kappa shape index (κ3) is 4.51. The largest absolute Gasteiger partial charge is 0.495 e. The van der Waals surface area contributed by atoms with Gasteiger partial charge in [0.1, 0.15) is 22.0 Å². The molecule has 0 amide bonds. The molecule has 174 valence electrons. The van der Waals surface area contributed by atoms with Gasteiger partial charge in [-0.25, -0.2) is 18.0 Å². The number of carbonyl (C=O) groups is 1. The number of carbonyl (C=O) groups excluding carboxylic acids is 1. The van der Waals surface area contributed by atoms with E-state index in [1.807, 2.05) is 6.92 Å².